The van der Waals surface area contributed by atoms with Gasteiger partial charge < -0.3 is 19.7 Å². The Bertz CT molecular complexity index is 1450. The van der Waals surface area contributed by atoms with Crippen molar-refractivity contribution in [2.45, 2.75) is 44.9 Å². The molecular weight excluding hydrogens is 558 g/mol. The van der Waals surface area contributed by atoms with Crippen LogP contribution >= 0.6 is 23.1 Å². The van der Waals surface area contributed by atoms with Crippen LogP contribution in [-0.2, 0) is 16.1 Å². The lowest BCUT2D eigenvalue weighted by molar-refractivity contribution is -0.137. The van der Waals surface area contributed by atoms with E-state index in [2.05, 4.69) is 15.3 Å². The number of carbonyl (C=O) groups is 2. The maximum Gasteiger partial charge on any atom is 0.247 e. The molecule has 11 heteroatoms. The highest BCUT2D eigenvalue weighted by molar-refractivity contribution is 7.99. The number of methoxy groups -OCH3 is 2. The Morgan fingerprint density at radius 2 is 1.56 bits per heavy atom. The molecule has 0 aliphatic carbocycles. The molecular formula is C30H33N5O4S2. The van der Waals surface area contributed by atoms with Crippen LogP contribution in [-0.4, -0.2) is 57.7 Å². The van der Waals surface area contributed by atoms with Gasteiger partial charge in [-0.2, -0.15) is 0 Å². The largest absolute Gasteiger partial charge is 0.497 e. The molecule has 41 heavy (non-hydrogen) atoms. The van der Waals surface area contributed by atoms with Crippen LogP contribution in [0.25, 0.3) is 11.3 Å². The molecule has 0 spiro atoms. The molecule has 2 heterocycles. The number of amides is 2. The minimum atomic E-state index is -0.710. The molecule has 0 bridgehead atoms. The number of aryl methyl sites for hydroxylation is 2. The number of rotatable bonds is 12. The topological polar surface area (TPSA) is 107 Å². The van der Waals surface area contributed by atoms with Gasteiger partial charge in [-0.15, -0.1) is 11.3 Å². The van der Waals surface area contributed by atoms with E-state index in [1.54, 1.807) is 43.4 Å². The van der Waals surface area contributed by atoms with E-state index in [-0.39, 0.29) is 24.1 Å². The average molecular weight is 592 g/mol. The van der Waals surface area contributed by atoms with Gasteiger partial charge in [0.25, 0.3) is 0 Å². The number of benzene rings is 2. The second kappa shape index (κ2) is 14.1. The first-order valence-electron chi connectivity index (χ1n) is 13.1. The van der Waals surface area contributed by atoms with Crippen LogP contribution in [0.5, 0.6) is 11.5 Å². The summed E-state index contributed by atoms with van der Waals surface area (Å²) in [6, 6.07) is 15.9. The molecule has 2 aromatic carbocycles. The molecule has 214 valence electrons. The first-order chi connectivity index (χ1) is 19.8. The van der Waals surface area contributed by atoms with Crippen LogP contribution in [0.3, 0.4) is 0 Å². The van der Waals surface area contributed by atoms with E-state index in [9.17, 15) is 9.59 Å². The number of ether oxygens (including phenoxy) is 2. The highest BCUT2D eigenvalue weighted by atomic mass is 32.2. The minimum Gasteiger partial charge on any atom is -0.497 e. The number of thioether (sulfide) groups is 1. The Morgan fingerprint density at radius 3 is 2.15 bits per heavy atom. The molecule has 0 fully saturated rings. The van der Waals surface area contributed by atoms with Gasteiger partial charge >= 0.3 is 0 Å². The molecule has 1 unspecified atom stereocenters. The number of aromatic nitrogens is 3. The summed E-state index contributed by atoms with van der Waals surface area (Å²) >= 11 is 2.71. The predicted molar refractivity (Wildman–Crippen MR) is 163 cm³/mol. The van der Waals surface area contributed by atoms with Crippen molar-refractivity contribution in [3.8, 4) is 22.8 Å². The van der Waals surface area contributed by atoms with E-state index in [0.717, 1.165) is 33.4 Å². The molecule has 1 N–H and O–H groups in total. The maximum atomic E-state index is 13.7. The molecule has 0 radical (unpaired) electrons. The predicted octanol–water partition coefficient (Wildman–Crippen LogP) is 5.77. The first-order valence-corrected chi connectivity index (χ1v) is 14.9. The molecule has 4 rings (SSSR count). The second-order valence-corrected chi connectivity index (χ2v) is 11.1. The number of carbonyl (C=O) groups excluding carboxylic acids is 2. The average Bonchev–Trinajstić information content (AvgIpc) is 3.44. The summed E-state index contributed by atoms with van der Waals surface area (Å²) in [6.45, 7) is 5.88. The van der Waals surface area contributed by atoms with Crippen LogP contribution in [0.4, 0.5) is 5.69 Å². The Labute approximate surface area is 248 Å². The summed E-state index contributed by atoms with van der Waals surface area (Å²) in [5.74, 6) is 1.07. The van der Waals surface area contributed by atoms with Gasteiger partial charge in [-0.25, -0.2) is 15.0 Å². The van der Waals surface area contributed by atoms with Crippen molar-refractivity contribution in [2.75, 3.05) is 25.3 Å². The molecule has 2 amide bonds. The minimum absolute atomic E-state index is 0.0892. The number of nitrogens with zero attached hydrogens (tertiary/aromatic N) is 4. The van der Waals surface area contributed by atoms with Gasteiger partial charge in [-0.1, -0.05) is 18.7 Å². The fourth-order valence-electron chi connectivity index (χ4n) is 4.21. The summed E-state index contributed by atoms with van der Waals surface area (Å²) in [6.07, 6.45) is 0.426. The van der Waals surface area contributed by atoms with E-state index in [1.807, 2.05) is 56.5 Å². The second-order valence-electron chi connectivity index (χ2n) is 9.24. The smallest absolute Gasteiger partial charge is 0.247 e. The van der Waals surface area contributed by atoms with Crippen LogP contribution in [0.15, 0.2) is 65.1 Å². The molecule has 9 nitrogen and oxygen atoms in total. The van der Waals surface area contributed by atoms with E-state index in [4.69, 9.17) is 14.5 Å². The van der Waals surface area contributed by atoms with Crippen molar-refractivity contribution in [2.24, 2.45) is 0 Å². The van der Waals surface area contributed by atoms with Crippen LogP contribution < -0.4 is 14.8 Å². The van der Waals surface area contributed by atoms with Crippen LogP contribution in [0.1, 0.15) is 29.7 Å². The Hall–Kier alpha value is -3.96. The molecule has 2 aromatic heterocycles. The quantitative estimate of drug-likeness (QED) is 0.163. The van der Waals surface area contributed by atoms with Gasteiger partial charge in [0, 0.05) is 28.0 Å². The van der Waals surface area contributed by atoms with Crippen molar-refractivity contribution in [3.05, 3.63) is 76.4 Å². The molecule has 0 aliphatic rings. The fourth-order valence-corrected chi connectivity index (χ4v) is 5.85. The van der Waals surface area contributed by atoms with Crippen molar-refractivity contribution in [1.82, 2.24) is 19.9 Å². The van der Waals surface area contributed by atoms with Crippen LogP contribution in [0.2, 0.25) is 0 Å². The number of hydrogen-bond acceptors (Lipinski definition) is 9. The van der Waals surface area contributed by atoms with Gasteiger partial charge in [-0.3, -0.25) is 9.59 Å². The summed E-state index contributed by atoms with van der Waals surface area (Å²) in [5, 5.41) is 6.16. The molecule has 4 aromatic rings. The lowest BCUT2D eigenvalue weighted by Crippen LogP contribution is -2.47. The number of thiazole rings is 1. The third kappa shape index (κ3) is 8.05. The SMILES string of the molecule is CCC(C(=O)Nc1ccc(OC)cc1)N(Cc1nc(-c2ccc(OC)cc2)cs1)C(=O)CSc1nc(C)cc(C)n1. The van der Waals surface area contributed by atoms with E-state index in [0.29, 0.717) is 23.0 Å². The van der Waals surface area contributed by atoms with Gasteiger partial charge in [0.1, 0.15) is 22.5 Å². The molecule has 1 atom stereocenters. The van der Waals surface area contributed by atoms with E-state index < -0.39 is 6.04 Å². The van der Waals surface area contributed by atoms with Crippen LogP contribution in [0, 0.1) is 13.8 Å². The monoisotopic (exact) mass is 591 g/mol. The molecule has 0 saturated heterocycles. The highest BCUT2D eigenvalue weighted by Crippen LogP contribution is 2.26. The lowest BCUT2D eigenvalue weighted by Gasteiger charge is -2.29. The van der Waals surface area contributed by atoms with Crippen molar-refractivity contribution >= 4 is 40.6 Å². The standard InChI is InChI=1S/C30H33N5O4S2/c1-6-26(29(37)33-22-9-13-24(39-5)14-10-22)35(28(36)18-41-30-31-19(2)15-20(3)32-30)16-27-34-25(17-40-27)21-7-11-23(38-4)12-8-21/h7-15,17,26H,6,16,18H2,1-5H3,(H,33,37). The van der Waals surface area contributed by atoms with Gasteiger partial charge in [0.05, 0.1) is 32.2 Å². The van der Waals surface area contributed by atoms with Gasteiger partial charge in [-0.05, 0) is 74.9 Å². The lowest BCUT2D eigenvalue weighted by atomic mass is 10.1. The number of anilines is 1. The van der Waals surface area contributed by atoms with Crippen molar-refractivity contribution in [3.63, 3.8) is 0 Å². The third-order valence-corrected chi connectivity index (χ3v) is 7.94. The zero-order valence-electron chi connectivity index (χ0n) is 23.7. The normalized spacial score (nSPS) is 11.5. The molecule has 0 saturated carbocycles. The van der Waals surface area contributed by atoms with Gasteiger partial charge in [0.15, 0.2) is 5.16 Å². The zero-order valence-corrected chi connectivity index (χ0v) is 25.3. The van der Waals surface area contributed by atoms with Crippen molar-refractivity contribution in [1.29, 1.82) is 0 Å². The van der Waals surface area contributed by atoms with Crippen molar-refractivity contribution < 1.29 is 19.1 Å². The Balaban J connectivity index is 1.56. The fraction of sp³-hybridized carbons (Fsp3) is 0.300. The summed E-state index contributed by atoms with van der Waals surface area (Å²) in [7, 11) is 3.21. The highest BCUT2D eigenvalue weighted by Gasteiger charge is 2.30. The number of hydrogen-bond donors (Lipinski definition) is 1. The summed E-state index contributed by atoms with van der Waals surface area (Å²) in [5.41, 5.74) is 4.04. The first kappa shape index (κ1) is 30.0. The summed E-state index contributed by atoms with van der Waals surface area (Å²) in [4.78, 5) is 42.5. The third-order valence-electron chi connectivity index (χ3n) is 6.27. The Morgan fingerprint density at radius 1 is 0.951 bits per heavy atom. The van der Waals surface area contributed by atoms with Gasteiger partial charge in [0.2, 0.25) is 11.8 Å². The summed E-state index contributed by atoms with van der Waals surface area (Å²) < 4.78 is 10.5. The Kier molecular flexibility index (Phi) is 10.3. The maximum absolute atomic E-state index is 13.7. The van der Waals surface area contributed by atoms with E-state index in [1.165, 1.54) is 23.1 Å². The zero-order chi connectivity index (χ0) is 29.4. The number of nitrogens with one attached hydrogen (secondary N) is 1. The van der Waals surface area contributed by atoms with E-state index >= 15 is 0 Å². The molecule has 0 aliphatic heterocycles.